The molecule has 2 aromatic rings. The minimum absolute atomic E-state index is 0.1000. The van der Waals surface area contributed by atoms with E-state index in [0.29, 0.717) is 18.7 Å². The molecule has 13 nitrogen and oxygen atoms in total. The highest BCUT2D eigenvalue weighted by molar-refractivity contribution is 8.00. The lowest BCUT2D eigenvalue weighted by atomic mass is 10.4. The number of aromatic nitrogens is 6. The number of hydrogen-bond acceptors (Lipinski definition) is 10. The molecule has 0 aliphatic carbocycles. The van der Waals surface area contributed by atoms with Crippen LogP contribution in [0.1, 0.15) is 38.1 Å². The quantitative estimate of drug-likeness (QED) is 0.269. The Morgan fingerprint density at radius 3 is 2.14 bits per heavy atom. The van der Waals surface area contributed by atoms with Gasteiger partial charge in [0.05, 0.1) is 34.4 Å². The van der Waals surface area contributed by atoms with Crippen LogP contribution < -0.4 is 5.73 Å². The third-order valence-electron chi connectivity index (χ3n) is 4.24. The van der Waals surface area contributed by atoms with Crippen LogP contribution in [0.2, 0.25) is 0 Å². The predicted molar refractivity (Wildman–Crippen MR) is 138 cm³/mol. The molecule has 1 fully saturated rings. The number of likely N-dealkylation sites (tertiary alicyclic amines) is 1. The largest absolute Gasteiger partial charge is 0.399 e. The van der Waals surface area contributed by atoms with Gasteiger partial charge in [-0.25, -0.2) is 0 Å². The van der Waals surface area contributed by atoms with Crippen LogP contribution in [0.5, 0.6) is 0 Å². The van der Waals surface area contributed by atoms with E-state index in [4.69, 9.17) is 5.73 Å². The monoisotopic (exact) mass is 510 g/mol. The Balaban J connectivity index is 0.000000484. The normalized spacial score (nSPS) is 14.7. The van der Waals surface area contributed by atoms with Crippen molar-refractivity contribution in [2.75, 3.05) is 27.0 Å². The molecule has 196 valence electrons. The molecular weight excluding hydrogens is 472 g/mol. The fourth-order valence-electron chi connectivity index (χ4n) is 2.26. The summed E-state index contributed by atoms with van der Waals surface area (Å²) in [6.45, 7) is 7.62. The van der Waals surface area contributed by atoms with Crippen LogP contribution in [0.3, 0.4) is 0 Å². The Labute approximate surface area is 211 Å². The van der Waals surface area contributed by atoms with Gasteiger partial charge < -0.3 is 10.6 Å². The lowest BCUT2D eigenvalue weighted by Crippen LogP contribution is -2.26. The van der Waals surface area contributed by atoms with Crippen molar-refractivity contribution >= 4 is 35.1 Å². The van der Waals surface area contributed by atoms with Gasteiger partial charge >= 0.3 is 0 Å². The van der Waals surface area contributed by atoms with Gasteiger partial charge in [0.2, 0.25) is 11.8 Å². The summed E-state index contributed by atoms with van der Waals surface area (Å²) in [7, 11) is 8.40. The second-order valence-electron chi connectivity index (χ2n) is 7.57. The molecule has 2 amide bonds. The van der Waals surface area contributed by atoms with Crippen molar-refractivity contribution < 1.29 is 14.4 Å². The first-order valence-electron chi connectivity index (χ1n) is 10.7. The van der Waals surface area contributed by atoms with Gasteiger partial charge in [-0.15, -0.1) is 22.0 Å². The Hall–Kier alpha value is -3.29. The topological polar surface area (TPSA) is 159 Å². The summed E-state index contributed by atoms with van der Waals surface area (Å²) in [5.74, 6) is 1.10. The fraction of sp³-hybridized carbons (Fsp3) is 0.619. The van der Waals surface area contributed by atoms with Crippen molar-refractivity contribution in [1.29, 1.82) is 0 Å². The number of amides is 2. The molecule has 0 spiro atoms. The van der Waals surface area contributed by atoms with Crippen molar-refractivity contribution in [3.8, 4) is 0 Å². The van der Waals surface area contributed by atoms with Crippen molar-refractivity contribution in [2.24, 2.45) is 30.0 Å². The highest BCUT2D eigenvalue weighted by Crippen LogP contribution is 2.24. The summed E-state index contributed by atoms with van der Waals surface area (Å²) >= 11 is 1.47. The molecule has 1 aliphatic heterocycles. The van der Waals surface area contributed by atoms with Gasteiger partial charge in [-0.1, -0.05) is 15.6 Å². The van der Waals surface area contributed by atoms with Gasteiger partial charge in [-0.3, -0.25) is 28.8 Å². The first-order chi connectivity index (χ1) is 16.4. The number of aliphatic imine (C=N–C) groups is 1. The second-order valence-corrected chi connectivity index (χ2v) is 8.88. The smallest absolute Gasteiger partial charge is 0.242 e. The molecule has 2 aromatic heterocycles. The Morgan fingerprint density at radius 2 is 1.89 bits per heavy atom. The van der Waals surface area contributed by atoms with Gasteiger partial charge in [0, 0.05) is 53.0 Å². The summed E-state index contributed by atoms with van der Waals surface area (Å²) in [5.41, 5.74) is 8.51. The standard InChI is InChI=1S/C9H15N3O2S.2C4H7N3.C4H9NO/c1-11-7(10)3-4-15-6-5-8(13)12(2)9(6)14;1-4-3-7(2)6-5-4;1-4-3-5-6-7(4)2;1-4(2)5-6-3/h6H,3-5H2,1-2H3,(H2,10,11);2*3H,1-2H3;1-3H3. The van der Waals surface area contributed by atoms with E-state index in [0.717, 1.165) is 22.9 Å². The first kappa shape index (κ1) is 31.7. The van der Waals surface area contributed by atoms with E-state index < -0.39 is 0 Å². The number of carbonyl (C=O) groups excluding carboxylic acids is 2. The van der Waals surface area contributed by atoms with Gasteiger partial charge in [0.25, 0.3) is 0 Å². The average Bonchev–Trinajstić information content (AvgIpc) is 3.44. The molecule has 1 atom stereocenters. The Morgan fingerprint density at radius 1 is 1.23 bits per heavy atom. The minimum Gasteiger partial charge on any atom is -0.399 e. The van der Waals surface area contributed by atoms with Gasteiger partial charge in [0.15, 0.2) is 0 Å². The fourth-order valence-corrected chi connectivity index (χ4v) is 3.43. The number of rotatable bonds is 5. The Kier molecular flexibility index (Phi) is 15.6. The van der Waals surface area contributed by atoms with Gasteiger partial charge in [-0.05, 0) is 27.7 Å². The van der Waals surface area contributed by atoms with E-state index in [9.17, 15) is 9.59 Å². The number of nitrogens with two attached hydrogens (primary N) is 1. The molecule has 1 aliphatic rings. The highest BCUT2D eigenvalue weighted by atomic mass is 32.2. The van der Waals surface area contributed by atoms with Crippen LogP contribution in [0, 0.1) is 13.8 Å². The lowest BCUT2D eigenvalue weighted by molar-refractivity contribution is -0.136. The van der Waals surface area contributed by atoms with Crippen LogP contribution in [0.4, 0.5) is 0 Å². The number of carbonyl (C=O) groups is 2. The second kappa shape index (κ2) is 17.2. The van der Waals surface area contributed by atoms with Crippen molar-refractivity contribution in [2.45, 2.75) is 45.8 Å². The number of hydrogen-bond donors (Lipinski definition) is 1. The van der Waals surface area contributed by atoms with Crippen molar-refractivity contribution in [1.82, 2.24) is 34.9 Å². The average molecular weight is 511 g/mol. The highest BCUT2D eigenvalue weighted by Gasteiger charge is 2.35. The van der Waals surface area contributed by atoms with E-state index in [1.54, 1.807) is 22.6 Å². The molecule has 35 heavy (non-hydrogen) atoms. The summed E-state index contributed by atoms with van der Waals surface area (Å²) < 4.78 is 3.40. The van der Waals surface area contributed by atoms with Crippen LogP contribution in [-0.4, -0.2) is 90.5 Å². The molecule has 0 bridgehead atoms. The SMILES string of the molecule is CN=C(N)CCSC1CC(=O)N(C)C1=O.CON=C(C)C.Cc1cn(C)nn1.Cc1cnnn1C. The zero-order valence-corrected chi connectivity index (χ0v) is 22.9. The van der Waals surface area contributed by atoms with E-state index in [1.165, 1.54) is 30.8 Å². The number of aryl methyl sites for hydroxylation is 4. The molecule has 3 rings (SSSR count). The molecule has 14 heteroatoms. The van der Waals surface area contributed by atoms with Crippen LogP contribution in [-0.2, 0) is 28.5 Å². The minimum atomic E-state index is -0.229. The molecule has 2 N–H and O–H groups in total. The summed E-state index contributed by atoms with van der Waals surface area (Å²) in [5, 5.41) is 18.0. The molecule has 1 unspecified atom stereocenters. The molecule has 3 heterocycles. The van der Waals surface area contributed by atoms with Crippen molar-refractivity contribution in [3.05, 3.63) is 23.8 Å². The first-order valence-corrected chi connectivity index (χ1v) is 11.8. The summed E-state index contributed by atoms with van der Waals surface area (Å²) in [6.07, 6.45) is 4.55. The molecule has 0 aromatic carbocycles. The molecular formula is C21H38N10O3S. The number of oxime groups is 1. The van der Waals surface area contributed by atoms with Crippen LogP contribution in [0.15, 0.2) is 22.5 Å². The Bertz CT molecular complexity index is 933. The number of nitrogens with zero attached hydrogens (tertiary/aromatic N) is 9. The summed E-state index contributed by atoms with van der Waals surface area (Å²) in [6, 6.07) is 0. The maximum atomic E-state index is 11.5. The van der Waals surface area contributed by atoms with E-state index in [1.807, 2.05) is 48.0 Å². The van der Waals surface area contributed by atoms with Crippen LogP contribution in [0.25, 0.3) is 0 Å². The zero-order valence-electron chi connectivity index (χ0n) is 22.1. The van der Waals surface area contributed by atoms with E-state index in [-0.39, 0.29) is 17.1 Å². The predicted octanol–water partition coefficient (Wildman–Crippen LogP) is 1.13. The van der Waals surface area contributed by atoms with E-state index in [2.05, 4.69) is 35.6 Å². The van der Waals surface area contributed by atoms with E-state index >= 15 is 0 Å². The molecule has 0 radical (unpaired) electrons. The zero-order chi connectivity index (χ0) is 27.0. The van der Waals surface area contributed by atoms with Crippen LogP contribution >= 0.6 is 11.8 Å². The summed E-state index contributed by atoms with van der Waals surface area (Å²) in [4.78, 5) is 32.1. The molecule has 1 saturated heterocycles. The number of thioether (sulfide) groups is 1. The number of amidine groups is 1. The van der Waals surface area contributed by atoms with Crippen molar-refractivity contribution in [3.63, 3.8) is 0 Å². The van der Waals surface area contributed by atoms with Gasteiger partial charge in [0.1, 0.15) is 7.11 Å². The van der Waals surface area contributed by atoms with Gasteiger partial charge in [-0.2, -0.15) is 0 Å². The third-order valence-corrected chi connectivity index (χ3v) is 5.45. The lowest BCUT2D eigenvalue weighted by Gasteiger charge is -2.07. The maximum absolute atomic E-state index is 11.5. The molecule has 0 saturated carbocycles. The number of imide groups is 1. The third kappa shape index (κ3) is 13.9. The maximum Gasteiger partial charge on any atom is 0.242 e.